The van der Waals surface area contributed by atoms with Crippen LogP contribution in [0.25, 0.3) is 0 Å². The Hall–Kier alpha value is -1.64. The minimum absolute atomic E-state index is 0.154. The molecule has 0 spiro atoms. The minimum Gasteiger partial charge on any atom is -0.497 e. The highest BCUT2D eigenvalue weighted by Gasteiger charge is 2.44. The van der Waals surface area contributed by atoms with Crippen LogP contribution in [0, 0.1) is 5.41 Å². The molecule has 108 valence electrons. The third-order valence-corrected chi connectivity index (χ3v) is 4.25. The number of rotatable bonds is 6. The van der Waals surface area contributed by atoms with Gasteiger partial charge >= 0.3 is 0 Å². The molecule has 0 saturated heterocycles. The number of hydrogen-bond acceptors (Lipinski definition) is 3. The highest BCUT2D eigenvalue weighted by atomic mass is 16.5. The van der Waals surface area contributed by atoms with Crippen molar-refractivity contribution < 1.29 is 14.3 Å². The summed E-state index contributed by atoms with van der Waals surface area (Å²) < 4.78 is 5.24. The monoisotopic (exact) mass is 274 g/mol. The predicted octanol–water partition coefficient (Wildman–Crippen LogP) is 3.59. The number of benzene rings is 1. The molecule has 0 bridgehead atoms. The molecule has 0 unspecified atom stereocenters. The highest BCUT2D eigenvalue weighted by Crippen LogP contribution is 2.44. The quantitative estimate of drug-likeness (QED) is 0.796. The molecule has 3 nitrogen and oxygen atoms in total. The third-order valence-electron chi connectivity index (χ3n) is 4.25. The highest BCUT2D eigenvalue weighted by molar-refractivity contribution is 6.05. The average Bonchev–Trinajstić information content (AvgIpc) is 2.70. The first-order valence-electron chi connectivity index (χ1n) is 7.23. The van der Waals surface area contributed by atoms with Crippen molar-refractivity contribution in [3.63, 3.8) is 0 Å². The first-order valence-corrected chi connectivity index (χ1v) is 7.23. The lowest BCUT2D eigenvalue weighted by Gasteiger charge is -2.26. The number of carbonyl (C=O) groups excluding carboxylic acids is 2. The molecule has 0 radical (unpaired) electrons. The first-order chi connectivity index (χ1) is 9.52. The summed E-state index contributed by atoms with van der Waals surface area (Å²) in [7, 11) is 1.63. The summed E-state index contributed by atoms with van der Waals surface area (Å²) in [5.41, 5.74) is 1.49. The van der Waals surface area contributed by atoms with E-state index in [2.05, 4.69) is 6.92 Å². The van der Waals surface area contributed by atoms with Crippen LogP contribution in [-0.4, -0.2) is 18.7 Å². The van der Waals surface area contributed by atoms with Crippen LogP contribution in [0.5, 0.6) is 5.75 Å². The largest absolute Gasteiger partial charge is 0.497 e. The van der Waals surface area contributed by atoms with Crippen molar-refractivity contribution in [1.82, 2.24) is 0 Å². The molecule has 0 heterocycles. The molecule has 1 aliphatic carbocycles. The second-order valence-electron chi connectivity index (χ2n) is 5.76. The van der Waals surface area contributed by atoms with Crippen LogP contribution in [0.2, 0.25) is 0 Å². The van der Waals surface area contributed by atoms with Crippen molar-refractivity contribution in [2.45, 2.75) is 46.0 Å². The van der Waals surface area contributed by atoms with Gasteiger partial charge in [-0.05, 0) is 49.9 Å². The van der Waals surface area contributed by atoms with E-state index in [1.165, 1.54) is 0 Å². The maximum absolute atomic E-state index is 12.8. The summed E-state index contributed by atoms with van der Waals surface area (Å²) in [6.45, 7) is 3.68. The van der Waals surface area contributed by atoms with Crippen LogP contribution >= 0.6 is 0 Å². The Morgan fingerprint density at radius 2 is 2.10 bits per heavy atom. The Labute approximate surface area is 120 Å². The van der Waals surface area contributed by atoms with Gasteiger partial charge in [0.05, 0.1) is 7.11 Å². The van der Waals surface area contributed by atoms with Gasteiger partial charge in [-0.2, -0.15) is 0 Å². The standard InChI is InChI=1S/C17H22O3/c1-4-8-17(9-7-12(2)18)11-13-10-14(20-3)5-6-15(13)16(17)19/h5-6,10H,4,7-9,11H2,1-3H3/t17-/m0/s1. The van der Waals surface area contributed by atoms with E-state index in [1.807, 2.05) is 18.2 Å². The molecule has 0 amide bonds. The second-order valence-corrected chi connectivity index (χ2v) is 5.76. The Kier molecular flexibility index (Phi) is 4.26. The number of ether oxygens (including phenoxy) is 1. The molecule has 1 aromatic carbocycles. The van der Waals surface area contributed by atoms with Crippen LogP contribution in [-0.2, 0) is 11.2 Å². The zero-order valence-electron chi connectivity index (χ0n) is 12.5. The molecule has 20 heavy (non-hydrogen) atoms. The van der Waals surface area contributed by atoms with Crippen LogP contribution in [0.3, 0.4) is 0 Å². The zero-order chi connectivity index (χ0) is 14.8. The van der Waals surface area contributed by atoms with Gasteiger partial charge in [-0.3, -0.25) is 4.79 Å². The summed E-state index contributed by atoms with van der Waals surface area (Å²) in [6, 6.07) is 5.66. The Balaban J connectivity index is 2.32. The van der Waals surface area contributed by atoms with Gasteiger partial charge in [0.2, 0.25) is 0 Å². The molecule has 1 aromatic rings. The predicted molar refractivity (Wildman–Crippen MR) is 78.3 cm³/mol. The van der Waals surface area contributed by atoms with Crippen LogP contribution in [0.15, 0.2) is 18.2 Å². The van der Waals surface area contributed by atoms with E-state index in [0.29, 0.717) is 12.8 Å². The molecule has 0 N–H and O–H groups in total. The summed E-state index contributed by atoms with van der Waals surface area (Å²) >= 11 is 0. The van der Waals surface area contributed by atoms with Crippen molar-refractivity contribution in [2.75, 3.05) is 7.11 Å². The van der Waals surface area contributed by atoms with Crippen LogP contribution < -0.4 is 4.74 Å². The number of ketones is 2. The lowest BCUT2D eigenvalue weighted by Crippen LogP contribution is -2.28. The van der Waals surface area contributed by atoms with E-state index in [1.54, 1.807) is 14.0 Å². The Morgan fingerprint density at radius 3 is 2.70 bits per heavy atom. The maximum atomic E-state index is 12.8. The summed E-state index contributed by atoms with van der Waals surface area (Å²) in [6.07, 6.45) is 3.67. The van der Waals surface area contributed by atoms with E-state index >= 15 is 0 Å². The van der Waals surface area contributed by atoms with Gasteiger partial charge in [0, 0.05) is 17.4 Å². The maximum Gasteiger partial charge on any atom is 0.169 e. The lowest BCUT2D eigenvalue weighted by atomic mass is 9.75. The number of hydrogen-bond donors (Lipinski definition) is 0. The van der Waals surface area contributed by atoms with Crippen LogP contribution in [0.4, 0.5) is 0 Å². The molecule has 0 aliphatic heterocycles. The van der Waals surface area contributed by atoms with E-state index in [-0.39, 0.29) is 17.0 Å². The molecule has 1 atom stereocenters. The second kappa shape index (κ2) is 5.78. The molecule has 2 rings (SSSR count). The molecular formula is C17H22O3. The normalized spacial score (nSPS) is 20.9. The fourth-order valence-electron chi connectivity index (χ4n) is 3.22. The smallest absolute Gasteiger partial charge is 0.169 e. The van der Waals surface area contributed by atoms with Crippen molar-refractivity contribution in [1.29, 1.82) is 0 Å². The van der Waals surface area contributed by atoms with Gasteiger partial charge in [-0.25, -0.2) is 0 Å². The number of Topliss-reactive ketones (excluding diaryl/α,β-unsaturated/α-hetero) is 2. The average molecular weight is 274 g/mol. The van der Waals surface area contributed by atoms with Gasteiger partial charge in [0.1, 0.15) is 11.5 Å². The molecule has 1 aliphatic rings. The van der Waals surface area contributed by atoms with Crippen molar-refractivity contribution >= 4 is 11.6 Å². The summed E-state index contributed by atoms with van der Waals surface area (Å²) in [5, 5.41) is 0. The van der Waals surface area contributed by atoms with Gasteiger partial charge in [0.25, 0.3) is 0 Å². The van der Waals surface area contributed by atoms with Gasteiger partial charge in [-0.15, -0.1) is 0 Å². The van der Waals surface area contributed by atoms with Crippen molar-refractivity contribution in [2.24, 2.45) is 5.41 Å². The number of methoxy groups -OCH3 is 1. The molecule has 0 aromatic heterocycles. The molecule has 0 fully saturated rings. The van der Waals surface area contributed by atoms with Gasteiger partial charge in [0.15, 0.2) is 5.78 Å². The SMILES string of the molecule is CCC[C@]1(CCC(C)=O)Cc2cc(OC)ccc2C1=O. The van der Waals surface area contributed by atoms with Gasteiger partial charge < -0.3 is 9.53 Å². The first kappa shape index (κ1) is 14.8. The van der Waals surface area contributed by atoms with E-state index in [9.17, 15) is 9.59 Å². The summed E-state index contributed by atoms with van der Waals surface area (Å²) in [5.74, 6) is 1.15. The molecule has 3 heteroatoms. The fraction of sp³-hybridized carbons (Fsp3) is 0.529. The number of carbonyl (C=O) groups is 2. The van der Waals surface area contributed by atoms with E-state index < -0.39 is 0 Å². The van der Waals surface area contributed by atoms with E-state index in [4.69, 9.17) is 4.74 Å². The molecule has 0 saturated carbocycles. The Morgan fingerprint density at radius 1 is 1.35 bits per heavy atom. The van der Waals surface area contributed by atoms with Crippen molar-refractivity contribution in [3.05, 3.63) is 29.3 Å². The minimum atomic E-state index is -0.380. The third kappa shape index (κ3) is 2.62. The van der Waals surface area contributed by atoms with Gasteiger partial charge in [-0.1, -0.05) is 13.3 Å². The zero-order valence-corrected chi connectivity index (χ0v) is 12.5. The number of fused-ring (bicyclic) bond motifs is 1. The lowest BCUT2D eigenvalue weighted by molar-refractivity contribution is -0.117. The van der Waals surface area contributed by atoms with Crippen LogP contribution in [0.1, 0.15) is 55.5 Å². The fourth-order valence-corrected chi connectivity index (χ4v) is 3.22. The van der Waals surface area contributed by atoms with Crippen molar-refractivity contribution in [3.8, 4) is 5.75 Å². The summed E-state index contributed by atoms with van der Waals surface area (Å²) in [4.78, 5) is 24.1. The van der Waals surface area contributed by atoms with E-state index in [0.717, 1.165) is 36.1 Å². The molecular weight excluding hydrogens is 252 g/mol. The topological polar surface area (TPSA) is 43.4 Å². The Bertz CT molecular complexity index is 533.